The van der Waals surface area contributed by atoms with Gasteiger partial charge in [-0.05, 0) is 0 Å². The molecule has 0 aliphatic carbocycles. The summed E-state index contributed by atoms with van der Waals surface area (Å²) >= 11 is 0. The molecule has 0 aromatic rings. The summed E-state index contributed by atoms with van der Waals surface area (Å²) in [5.41, 5.74) is 0. The number of carbonyl (C=O) groups is 1. The van der Waals surface area contributed by atoms with Crippen molar-refractivity contribution >= 4 is 5.97 Å². The number of hydrogen-bond acceptors (Lipinski definition) is 2. The zero-order valence-electron chi connectivity index (χ0n) is 3.95. The van der Waals surface area contributed by atoms with Crippen LogP contribution >= 0.6 is 0 Å². The quantitative estimate of drug-likeness (QED) is 0.309. The van der Waals surface area contributed by atoms with Crippen molar-refractivity contribution in [2.45, 2.75) is 6.18 Å². The van der Waals surface area contributed by atoms with Crippen LogP contribution in [0.3, 0.4) is 0 Å². The second kappa shape index (κ2) is 3.00. The first-order valence-electron chi connectivity index (χ1n) is 1.23. The number of carbonyl (C=O) groups excluding carboxylic acids is 1. The van der Waals surface area contributed by atoms with Gasteiger partial charge in [-0.15, -0.1) is 0 Å². The van der Waals surface area contributed by atoms with E-state index in [9.17, 15) is 13.2 Å². The zero-order valence-corrected chi connectivity index (χ0v) is 3.95. The first-order chi connectivity index (χ1) is 2.94. The van der Waals surface area contributed by atoms with Gasteiger partial charge >= 0.3 is 25.0 Å². The molecule has 0 rings (SSSR count). The van der Waals surface area contributed by atoms with Crippen molar-refractivity contribution in [3.8, 4) is 0 Å². The van der Waals surface area contributed by atoms with Crippen molar-refractivity contribution in [2.24, 2.45) is 0 Å². The first kappa shape index (κ1) is 10.8. The summed E-state index contributed by atoms with van der Waals surface area (Å²) in [5.74, 6) is -3.01. The molecular formula is C2F3LiO2. The normalized spacial score (nSPS) is 9.88. The molecule has 0 aliphatic heterocycles. The van der Waals surface area contributed by atoms with Gasteiger partial charge in [-0.3, -0.25) is 0 Å². The number of alkyl halides is 3. The molecule has 0 aromatic heterocycles. The molecule has 42 valence electrons. The molecule has 0 radical (unpaired) electrons. The molecule has 2 nitrogen and oxygen atoms in total. The van der Waals surface area contributed by atoms with Crippen LogP contribution in [0.5, 0.6) is 0 Å². The van der Waals surface area contributed by atoms with E-state index in [0.717, 1.165) is 0 Å². The van der Waals surface area contributed by atoms with Crippen molar-refractivity contribution in [3.63, 3.8) is 0 Å². The molecule has 0 aromatic carbocycles. The number of carboxylic acid groups (broad SMARTS) is 1. The van der Waals surface area contributed by atoms with E-state index in [1.165, 1.54) is 0 Å². The van der Waals surface area contributed by atoms with Gasteiger partial charge in [0.05, 0.1) is 0 Å². The Kier molecular flexibility index (Phi) is 4.04. The van der Waals surface area contributed by atoms with Crippen molar-refractivity contribution in [1.82, 2.24) is 0 Å². The van der Waals surface area contributed by atoms with Gasteiger partial charge in [-0.25, -0.2) is 0 Å². The van der Waals surface area contributed by atoms with Crippen LogP contribution in [0.1, 0.15) is 0 Å². The summed E-state index contributed by atoms with van der Waals surface area (Å²) in [6, 6.07) is 0. The van der Waals surface area contributed by atoms with Crippen molar-refractivity contribution in [3.05, 3.63) is 0 Å². The van der Waals surface area contributed by atoms with Crippen LogP contribution in [0.25, 0.3) is 0 Å². The van der Waals surface area contributed by atoms with Gasteiger partial charge in [-0.1, -0.05) is 0 Å². The summed E-state index contributed by atoms with van der Waals surface area (Å²) in [7, 11) is 0. The molecular weight excluding hydrogens is 120 g/mol. The van der Waals surface area contributed by atoms with Crippen molar-refractivity contribution < 1.29 is 41.9 Å². The second-order valence-corrected chi connectivity index (χ2v) is 0.785. The molecule has 0 N–H and O–H groups in total. The number of halogens is 3. The van der Waals surface area contributed by atoms with Crippen molar-refractivity contribution in [1.29, 1.82) is 0 Å². The zero-order chi connectivity index (χ0) is 6.08. The molecule has 0 amide bonds. The maximum Gasteiger partial charge on any atom is 1.00 e. The van der Waals surface area contributed by atoms with E-state index in [0.29, 0.717) is 0 Å². The summed E-state index contributed by atoms with van der Waals surface area (Å²) in [4.78, 5) is 8.78. The molecule has 0 aliphatic rings. The van der Waals surface area contributed by atoms with E-state index < -0.39 is 12.1 Å². The molecule has 0 spiro atoms. The summed E-state index contributed by atoms with van der Waals surface area (Å²) in [6.07, 6.45) is -5.19. The molecule has 6 heteroatoms. The largest absolute Gasteiger partial charge is 1.00 e. The smallest absolute Gasteiger partial charge is 0.542 e. The predicted molar refractivity (Wildman–Crippen MR) is 11.1 cm³/mol. The third-order valence-corrected chi connectivity index (χ3v) is 0.231. The number of carboxylic acids is 1. The molecule has 0 saturated carbocycles. The Hall–Kier alpha value is -0.143. The van der Waals surface area contributed by atoms with Crippen LogP contribution < -0.4 is 24.0 Å². The summed E-state index contributed by atoms with van der Waals surface area (Å²) in [6.45, 7) is 0. The molecule has 0 unspecified atom stereocenters. The van der Waals surface area contributed by atoms with Gasteiger partial charge in [-0.2, -0.15) is 13.2 Å². The maximum atomic E-state index is 10.5. The van der Waals surface area contributed by atoms with Gasteiger partial charge in [0.15, 0.2) is 0 Å². The van der Waals surface area contributed by atoms with Gasteiger partial charge < -0.3 is 9.90 Å². The summed E-state index contributed by atoms with van der Waals surface area (Å²) < 4.78 is 31.5. The fourth-order valence-electron chi connectivity index (χ4n) is 0. The minimum Gasteiger partial charge on any atom is -0.542 e. The third kappa shape index (κ3) is 4.03. The Labute approximate surface area is 54.9 Å². The van der Waals surface area contributed by atoms with E-state index in [4.69, 9.17) is 9.90 Å². The van der Waals surface area contributed by atoms with E-state index in [1.54, 1.807) is 0 Å². The average molecular weight is 120 g/mol. The molecule has 0 saturated heterocycles. The van der Waals surface area contributed by atoms with E-state index >= 15 is 0 Å². The van der Waals surface area contributed by atoms with Crippen LogP contribution in [0, 0.1) is 0 Å². The SMILES string of the molecule is O=C([O-])C(F)(F)F.[Li+]. The average Bonchev–Trinajstić information content (AvgIpc) is 1.31. The first-order valence-corrected chi connectivity index (χ1v) is 1.23. The summed E-state index contributed by atoms with van der Waals surface area (Å²) in [5, 5.41) is 8.78. The Bertz CT molecular complexity index is 87.8. The molecule has 0 fully saturated rings. The second-order valence-electron chi connectivity index (χ2n) is 0.785. The predicted octanol–water partition coefficient (Wildman–Crippen LogP) is -3.70. The van der Waals surface area contributed by atoms with Crippen molar-refractivity contribution in [2.75, 3.05) is 0 Å². The maximum absolute atomic E-state index is 10.5. The molecule has 0 heterocycles. The van der Waals surface area contributed by atoms with E-state index in [-0.39, 0.29) is 18.9 Å². The fourth-order valence-corrected chi connectivity index (χ4v) is 0. The Morgan fingerprint density at radius 1 is 1.38 bits per heavy atom. The van der Waals surface area contributed by atoms with Crippen LogP contribution in [0.4, 0.5) is 13.2 Å². The Morgan fingerprint density at radius 3 is 1.50 bits per heavy atom. The molecule has 0 bridgehead atoms. The standard InChI is InChI=1S/C2HF3O2.Li/c3-2(4,5)1(6)7;/h(H,6,7);/q;+1/p-1. The van der Waals surface area contributed by atoms with Gasteiger partial charge in [0.25, 0.3) is 0 Å². The Balaban J connectivity index is 0. The van der Waals surface area contributed by atoms with Crippen LogP contribution in [0.15, 0.2) is 0 Å². The van der Waals surface area contributed by atoms with Gasteiger partial charge in [0, 0.05) is 0 Å². The van der Waals surface area contributed by atoms with Gasteiger partial charge in [0.2, 0.25) is 0 Å². The van der Waals surface area contributed by atoms with E-state index in [1.807, 2.05) is 0 Å². The minimum absolute atomic E-state index is 0. The third-order valence-electron chi connectivity index (χ3n) is 0.231. The molecule has 0 atom stereocenters. The number of hydrogen-bond donors (Lipinski definition) is 0. The van der Waals surface area contributed by atoms with Crippen LogP contribution in [-0.2, 0) is 4.79 Å². The van der Waals surface area contributed by atoms with Gasteiger partial charge in [0.1, 0.15) is 5.97 Å². The number of aliphatic carboxylic acids is 1. The monoisotopic (exact) mass is 120 g/mol. The minimum atomic E-state index is -5.19. The molecule has 8 heavy (non-hydrogen) atoms. The van der Waals surface area contributed by atoms with Crippen LogP contribution in [-0.4, -0.2) is 12.1 Å². The number of rotatable bonds is 0. The topological polar surface area (TPSA) is 40.1 Å². The van der Waals surface area contributed by atoms with Crippen LogP contribution in [0.2, 0.25) is 0 Å². The van der Waals surface area contributed by atoms with E-state index in [2.05, 4.69) is 0 Å². The Morgan fingerprint density at radius 2 is 1.50 bits per heavy atom. The fraction of sp³-hybridized carbons (Fsp3) is 0.500.